The van der Waals surface area contributed by atoms with E-state index in [9.17, 15) is 0 Å². The topological polar surface area (TPSA) is 24.1 Å². The summed E-state index contributed by atoms with van der Waals surface area (Å²) < 4.78 is 0. The molecule has 2 heteroatoms. The van der Waals surface area contributed by atoms with Gasteiger partial charge in [-0.05, 0) is 51.2 Å². The zero-order valence-electron chi connectivity index (χ0n) is 9.39. The molecule has 2 fully saturated rings. The highest BCUT2D eigenvalue weighted by Gasteiger charge is 2.22. The Hall–Kier alpha value is -0.0800. The van der Waals surface area contributed by atoms with Crippen LogP contribution in [0.5, 0.6) is 0 Å². The Bertz CT molecular complexity index is 166. The SMILES string of the molecule is CC1NCCC1CNCCC1CCC1. The van der Waals surface area contributed by atoms with E-state index < -0.39 is 0 Å². The van der Waals surface area contributed by atoms with Crippen LogP contribution in [0.1, 0.15) is 39.0 Å². The molecule has 1 saturated carbocycles. The Balaban J connectivity index is 1.49. The fourth-order valence-corrected chi connectivity index (χ4v) is 2.57. The molecule has 2 atom stereocenters. The average Bonchev–Trinajstić information content (AvgIpc) is 2.48. The van der Waals surface area contributed by atoms with Gasteiger partial charge in [0.1, 0.15) is 0 Å². The number of hydrogen-bond acceptors (Lipinski definition) is 2. The lowest BCUT2D eigenvalue weighted by molar-refractivity contribution is 0.288. The summed E-state index contributed by atoms with van der Waals surface area (Å²) in [7, 11) is 0. The molecule has 1 aliphatic heterocycles. The molecule has 0 aromatic rings. The van der Waals surface area contributed by atoms with Crippen LogP contribution in [0.4, 0.5) is 0 Å². The zero-order valence-corrected chi connectivity index (χ0v) is 9.39. The summed E-state index contributed by atoms with van der Waals surface area (Å²) in [5.41, 5.74) is 0. The number of nitrogens with one attached hydrogen (secondary N) is 2. The molecule has 0 aromatic heterocycles. The van der Waals surface area contributed by atoms with Crippen molar-refractivity contribution < 1.29 is 0 Å². The highest BCUT2D eigenvalue weighted by Crippen LogP contribution is 2.28. The molecule has 1 saturated heterocycles. The van der Waals surface area contributed by atoms with Gasteiger partial charge in [-0.3, -0.25) is 0 Å². The Labute approximate surface area is 87.8 Å². The summed E-state index contributed by atoms with van der Waals surface area (Å²) in [6, 6.07) is 0.728. The van der Waals surface area contributed by atoms with Gasteiger partial charge in [-0.1, -0.05) is 19.3 Å². The second kappa shape index (κ2) is 5.13. The monoisotopic (exact) mass is 196 g/mol. The predicted molar refractivity (Wildman–Crippen MR) is 60.4 cm³/mol. The normalized spacial score (nSPS) is 33.2. The van der Waals surface area contributed by atoms with Crippen LogP contribution < -0.4 is 10.6 Å². The van der Waals surface area contributed by atoms with Gasteiger partial charge in [0.15, 0.2) is 0 Å². The van der Waals surface area contributed by atoms with Gasteiger partial charge >= 0.3 is 0 Å². The second-order valence-electron chi connectivity index (χ2n) is 5.08. The van der Waals surface area contributed by atoms with Gasteiger partial charge in [0.2, 0.25) is 0 Å². The van der Waals surface area contributed by atoms with Crippen LogP contribution in [-0.2, 0) is 0 Å². The quantitative estimate of drug-likeness (QED) is 0.655. The summed E-state index contributed by atoms with van der Waals surface area (Å²) in [5.74, 6) is 1.93. The van der Waals surface area contributed by atoms with Crippen molar-refractivity contribution in [3.63, 3.8) is 0 Å². The van der Waals surface area contributed by atoms with Crippen LogP contribution in [-0.4, -0.2) is 25.7 Å². The van der Waals surface area contributed by atoms with E-state index in [0.717, 1.165) is 17.9 Å². The molecule has 0 aromatic carbocycles. The van der Waals surface area contributed by atoms with Crippen molar-refractivity contribution in [3.8, 4) is 0 Å². The molecule has 2 unspecified atom stereocenters. The van der Waals surface area contributed by atoms with Crippen LogP contribution in [0.2, 0.25) is 0 Å². The van der Waals surface area contributed by atoms with Gasteiger partial charge in [-0.2, -0.15) is 0 Å². The van der Waals surface area contributed by atoms with Gasteiger partial charge in [-0.15, -0.1) is 0 Å². The minimum atomic E-state index is 0.728. The standard InChI is InChI=1S/C12H24N2/c1-10-12(6-8-14-10)9-13-7-5-11-3-2-4-11/h10-14H,2-9H2,1H3. The smallest absolute Gasteiger partial charge is 0.00795 e. The Morgan fingerprint density at radius 1 is 1.29 bits per heavy atom. The van der Waals surface area contributed by atoms with Gasteiger partial charge in [0, 0.05) is 6.04 Å². The Kier molecular flexibility index (Phi) is 3.82. The highest BCUT2D eigenvalue weighted by molar-refractivity contribution is 4.81. The van der Waals surface area contributed by atoms with E-state index in [1.54, 1.807) is 0 Å². The first-order valence-corrected chi connectivity index (χ1v) is 6.30. The van der Waals surface area contributed by atoms with Crippen LogP contribution >= 0.6 is 0 Å². The van der Waals surface area contributed by atoms with E-state index in [1.165, 1.54) is 51.7 Å². The largest absolute Gasteiger partial charge is 0.316 e. The molecule has 1 heterocycles. The molecular formula is C12H24N2. The molecule has 0 radical (unpaired) electrons. The summed E-state index contributed by atoms with van der Waals surface area (Å²) in [6.45, 7) is 6.00. The third kappa shape index (κ3) is 2.71. The van der Waals surface area contributed by atoms with E-state index in [0.29, 0.717) is 0 Å². The van der Waals surface area contributed by atoms with Gasteiger partial charge in [0.05, 0.1) is 0 Å². The molecule has 0 amide bonds. The molecule has 0 bridgehead atoms. The lowest BCUT2D eigenvalue weighted by atomic mass is 9.83. The van der Waals surface area contributed by atoms with E-state index in [-0.39, 0.29) is 0 Å². The summed E-state index contributed by atoms with van der Waals surface area (Å²) in [6.07, 6.45) is 7.23. The third-order valence-corrected chi connectivity index (χ3v) is 4.05. The van der Waals surface area contributed by atoms with Crippen LogP contribution in [0.25, 0.3) is 0 Å². The lowest BCUT2D eigenvalue weighted by Gasteiger charge is -2.25. The molecular weight excluding hydrogens is 172 g/mol. The first-order chi connectivity index (χ1) is 6.86. The number of hydrogen-bond donors (Lipinski definition) is 2. The first kappa shape index (κ1) is 10.4. The van der Waals surface area contributed by atoms with Crippen molar-refractivity contribution in [3.05, 3.63) is 0 Å². The Morgan fingerprint density at radius 3 is 2.71 bits per heavy atom. The van der Waals surface area contributed by atoms with E-state index >= 15 is 0 Å². The van der Waals surface area contributed by atoms with Gasteiger partial charge < -0.3 is 10.6 Å². The molecule has 14 heavy (non-hydrogen) atoms. The summed E-state index contributed by atoms with van der Waals surface area (Å²) in [4.78, 5) is 0. The van der Waals surface area contributed by atoms with E-state index in [2.05, 4.69) is 17.6 Å². The second-order valence-corrected chi connectivity index (χ2v) is 5.08. The Morgan fingerprint density at radius 2 is 2.14 bits per heavy atom. The third-order valence-electron chi connectivity index (χ3n) is 4.05. The maximum Gasteiger partial charge on any atom is 0.00795 e. The molecule has 1 aliphatic carbocycles. The lowest BCUT2D eigenvalue weighted by Crippen LogP contribution is -2.32. The van der Waals surface area contributed by atoms with E-state index in [1.807, 2.05) is 0 Å². The summed E-state index contributed by atoms with van der Waals surface area (Å²) >= 11 is 0. The predicted octanol–water partition coefficient (Wildman–Crippen LogP) is 1.76. The van der Waals surface area contributed by atoms with Crippen molar-refractivity contribution in [1.82, 2.24) is 10.6 Å². The van der Waals surface area contributed by atoms with Gasteiger partial charge in [0.25, 0.3) is 0 Å². The average molecular weight is 196 g/mol. The maximum atomic E-state index is 3.62. The van der Waals surface area contributed by atoms with Gasteiger partial charge in [-0.25, -0.2) is 0 Å². The van der Waals surface area contributed by atoms with Crippen molar-refractivity contribution >= 4 is 0 Å². The van der Waals surface area contributed by atoms with E-state index in [4.69, 9.17) is 0 Å². The molecule has 2 aliphatic rings. The zero-order chi connectivity index (χ0) is 9.80. The number of rotatable bonds is 5. The van der Waals surface area contributed by atoms with Crippen molar-refractivity contribution in [1.29, 1.82) is 0 Å². The molecule has 2 N–H and O–H groups in total. The summed E-state index contributed by atoms with van der Waals surface area (Å²) in [5, 5.41) is 7.12. The molecule has 82 valence electrons. The molecule has 2 rings (SSSR count). The van der Waals surface area contributed by atoms with Crippen molar-refractivity contribution in [2.75, 3.05) is 19.6 Å². The maximum absolute atomic E-state index is 3.62. The molecule has 2 nitrogen and oxygen atoms in total. The highest BCUT2D eigenvalue weighted by atomic mass is 15.0. The van der Waals surface area contributed by atoms with Crippen LogP contribution in [0, 0.1) is 11.8 Å². The minimum Gasteiger partial charge on any atom is -0.316 e. The van der Waals surface area contributed by atoms with Crippen LogP contribution in [0.15, 0.2) is 0 Å². The van der Waals surface area contributed by atoms with Crippen LogP contribution in [0.3, 0.4) is 0 Å². The van der Waals surface area contributed by atoms with Crippen molar-refractivity contribution in [2.45, 2.75) is 45.1 Å². The van der Waals surface area contributed by atoms with Crippen molar-refractivity contribution in [2.24, 2.45) is 11.8 Å². The molecule has 0 spiro atoms. The fourth-order valence-electron chi connectivity index (χ4n) is 2.57. The first-order valence-electron chi connectivity index (χ1n) is 6.30. The fraction of sp³-hybridized carbons (Fsp3) is 1.00. The minimum absolute atomic E-state index is 0.728.